The van der Waals surface area contributed by atoms with Gasteiger partial charge in [0.15, 0.2) is 14.1 Å². The van der Waals surface area contributed by atoms with Crippen molar-refractivity contribution < 1.29 is 9.22 Å². The van der Waals surface area contributed by atoms with Gasteiger partial charge in [0, 0.05) is 18.2 Å². The van der Waals surface area contributed by atoms with Gasteiger partial charge in [0.2, 0.25) is 0 Å². The first-order valence-electron chi connectivity index (χ1n) is 7.52. The molecule has 0 bridgehead atoms. The maximum atomic E-state index is 11.6. The Bertz CT molecular complexity index is 592. The summed E-state index contributed by atoms with van der Waals surface area (Å²) >= 11 is 0. The van der Waals surface area contributed by atoms with E-state index in [1.807, 2.05) is 13.0 Å². The number of aromatic amines is 1. The SMILES string of the molecule is C=C/C(=C\c1c(C(C)=O)n[nH]c1C)CO[Si](C)(C)C(C)(C)C. The van der Waals surface area contributed by atoms with E-state index in [4.69, 9.17) is 4.43 Å². The predicted octanol–water partition coefficient (Wildman–Crippen LogP) is 4.51. The molecule has 0 unspecified atom stereocenters. The Morgan fingerprint density at radius 3 is 2.45 bits per heavy atom. The molecule has 5 heteroatoms. The van der Waals surface area contributed by atoms with Gasteiger partial charge in [-0.1, -0.05) is 33.4 Å². The molecule has 0 radical (unpaired) electrons. The van der Waals surface area contributed by atoms with Crippen LogP contribution in [0.1, 0.15) is 49.4 Å². The predicted molar refractivity (Wildman–Crippen MR) is 94.7 cm³/mol. The van der Waals surface area contributed by atoms with E-state index in [0.29, 0.717) is 12.3 Å². The summed E-state index contributed by atoms with van der Waals surface area (Å²) in [5.41, 5.74) is 3.11. The van der Waals surface area contributed by atoms with Crippen LogP contribution in [0.15, 0.2) is 18.2 Å². The molecule has 1 rings (SSSR count). The van der Waals surface area contributed by atoms with Crippen LogP contribution in [0.4, 0.5) is 0 Å². The van der Waals surface area contributed by atoms with Crippen LogP contribution >= 0.6 is 0 Å². The van der Waals surface area contributed by atoms with Gasteiger partial charge in [-0.3, -0.25) is 9.89 Å². The molecular formula is C17H28N2O2Si. The lowest BCUT2D eigenvalue weighted by molar-refractivity contribution is 0.101. The van der Waals surface area contributed by atoms with E-state index in [0.717, 1.165) is 16.8 Å². The molecule has 0 aliphatic rings. The number of H-pyrrole nitrogens is 1. The molecule has 0 amide bonds. The van der Waals surface area contributed by atoms with Crippen LogP contribution in [-0.4, -0.2) is 30.9 Å². The summed E-state index contributed by atoms with van der Waals surface area (Å²) < 4.78 is 6.22. The molecule has 0 aliphatic carbocycles. The fourth-order valence-corrected chi connectivity index (χ4v) is 2.67. The van der Waals surface area contributed by atoms with Gasteiger partial charge in [0.25, 0.3) is 0 Å². The summed E-state index contributed by atoms with van der Waals surface area (Å²) in [6, 6.07) is 0. The molecule has 122 valence electrons. The van der Waals surface area contributed by atoms with E-state index in [2.05, 4.69) is 50.6 Å². The summed E-state index contributed by atoms with van der Waals surface area (Å²) in [4.78, 5) is 11.6. The van der Waals surface area contributed by atoms with Crippen LogP contribution in [0.5, 0.6) is 0 Å². The molecule has 0 saturated heterocycles. The highest BCUT2D eigenvalue weighted by Gasteiger charge is 2.37. The molecule has 1 aromatic heterocycles. The van der Waals surface area contributed by atoms with Crippen molar-refractivity contribution in [1.29, 1.82) is 0 Å². The average molecular weight is 321 g/mol. The topological polar surface area (TPSA) is 55.0 Å². The summed E-state index contributed by atoms with van der Waals surface area (Å²) in [6.07, 6.45) is 3.72. The summed E-state index contributed by atoms with van der Waals surface area (Å²) in [5.74, 6) is -0.0515. The number of aryl methyl sites for hydroxylation is 1. The first kappa shape index (κ1) is 18.6. The second-order valence-electron chi connectivity index (χ2n) is 7.14. The lowest BCUT2D eigenvalue weighted by Crippen LogP contribution is -2.41. The van der Waals surface area contributed by atoms with Crippen LogP contribution in [0, 0.1) is 6.92 Å². The Kier molecular flexibility index (Phi) is 5.70. The van der Waals surface area contributed by atoms with Gasteiger partial charge in [0.1, 0.15) is 5.69 Å². The number of rotatable bonds is 6. The number of aromatic nitrogens is 2. The normalized spacial score (nSPS) is 13.3. The van der Waals surface area contributed by atoms with E-state index >= 15 is 0 Å². The second-order valence-corrected chi connectivity index (χ2v) is 11.9. The lowest BCUT2D eigenvalue weighted by Gasteiger charge is -2.36. The fraction of sp³-hybridized carbons (Fsp3) is 0.529. The second kappa shape index (κ2) is 6.75. The maximum Gasteiger partial charge on any atom is 0.192 e. The standard InChI is InChI=1S/C17H28N2O2Si/c1-9-14(11-21-22(7,8)17(4,5)6)10-15-12(2)18-19-16(15)13(3)20/h9-10H,1,11H2,2-8H3,(H,18,19)/b14-10+. The molecule has 0 fully saturated rings. The third-order valence-electron chi connectivity index (χ3n) is 4.33. The Balaban J connectivity index is 3.01. The highest BCUT2D eigenvalue weighted by molar-refractivity contribution is 6.74. The van der Waals surface area contributed by atoms with Crippen molar-refractivity contribution in [3.63, 3.8) is 0 Å². The average Bonchev–Trinajstić information content (AvgIpc) is 2.74. The van der Waals surface area contributed by atoms with Crippen LogP contribution < -0.4 is 0 Å². The number of nitrogens with one attached hydrogen (secondary N) is 1. The van der Waals surface area contributed by atoms with Gasteiger partial charge in [-0.15, -0.1) is 0 Å². The number of nitrogens with zero attached hydrogens (tertiary/aromatic N) is 1. The van der Waals surface area contributed by atoms with Crippen molar-refractivity contribution in [3.05, 3.63) is 35.2 Å². The Morgan fingerprint density at radius 2 is 2.00 bits per heavy atom. The van der Waals surface area contributed by atoms with Crippen LogP contribution in [-0.2, 0) is 4.43 Å². The van der Waals surface area contributed by atoms with Crippen molar-refractivity contribution >= 4 is 20.2 Å². The largest absolute Gasteiger partial charge is 0.413 e. The van der Waals surface area contributed by atoms with E-state index in [-0.39, 0.29) is 10.8 Å². The van der Waals surface area contributed by atoms with Crippen LogP contribution in [0.3, 0.4) is 0 Å². The zero-order valence-corrected chi connectivity index (χ0v) is 15.8. The minimum Gasteiger partial charge on any atom is -0.413 e. The smallest absolute Gasteiger partial charge is 0.192 e. The van der Waals surface area contributed by atoms with Crippen molar-refractivity contribution in [3.8, 4) is 0 Å². The van der Waals surface area contributed by atoms with Crippen molar-refractivity contribution in [2.45, 2.75) is 52.8 Å². The van der Waals surface area contributed by atoms with Crippen LogP contribution in [0.25, 0.3) is 6.08 Å². The van der Waals surface area contributed by atoms with E-state index in [9.17, 15) is 4.79 Å². The van der Waals surface area contributed by atoms with Gasteiger partial charge in [-0.25, -0.2) is 0 Å². The third-order valence-corrected chi connectivity index (χ3v) is 8.80. The van der Waals surface area contributed by atoms with Gasteiger partial charge in [-0.05, 0) is 36.7 Å². The number of hydrogen-bond acceptors (Lipinski definition) is 3. The summed E-state index contributed by atoms with van der Waals surface area (Å²) in [6.45, 7) is 18.9. The molecule has 0 spiro atoms. The zero-order valence-electron chi connectivity index (χ0n) is 14.8. The van der Waals surface area contributed by atoms with Gasteiger partial charge >= 0.3 is 0 Å². The highest BCUT2D eigenvalue weighted by Crippen LogP contribution is 2.36. The van der Waals surface area contributed by atoms with Crippen molar-refractivity contribution in [2.75, 3.05) is 6.61 Å². The minimum absolute atomic E-state index is 0.0515. The quantitative estimate of drug-likeness (QED) is 0.476. The number of carbonyl (C=O) groups excluding carboxylic acids is 1. The molecular weight excluding hydrogens is 292 g/mol. The number of hydrogen-bond donors (Lipinski definition) is 1. The molecule has 1 N–H and O–H groups in total. The maximum absolute atomic E-state index is 11.6. The number of carbonyl (C=O) groups is 1. The molecule has 0 aromatic carbocycles. The van der Waals surface area contributed by atoms with Gasteiger partial charge in [0.05, 0.1) is 6.61 Å². The molecule has 0 atom stereocenters. The Morgan fingerprint density at radius 1 is 1.41 bits per heavy atom. The van der Waals surface area contributed by atoms with Gasteiger partial charge in [-0.2, -0.15) is 5.10 Å². The van der Waals surface area contributed by atoms with E-state index in [1.165, 1.54) is 6.92 Å². The van der Waals surface area contributed by atoms with Crippen molar-refractivity contribution in [1.82, 2.24) is 10.2 Å². The zero-order chi connectivity index (χ0) is 17.1. The van der Waals surface area contributed by atoms with Crippen LogP contribution in [0.2, 0.25) is 18.1 Å². The van der Waals surface area contributed by atoms with Gasteiger partial charge < -0.3 is 4.43 Å². The molecule has 0 aliphatic heterocycles. The molecule has 0 saturated carbocycles. The molecule has 1 aromatic rings. The summed E-state index contributed by atoms with van der Waals surface area (Å²) in [5, 5.41) is 7.09. The first-order chi connectivity index (χ1) is 9.99. The summed E-state index contributed by atoms with van der Waals surface area (Å²) in [7, 11) is -1.81. The molecule has 1 heterocycles. The fourth-order valence-electron chi connectivity index (χ4n) is 1.71. The Hall–Kier alpha value is -1.46. The highest BCUT2D eigenvalue weighted by atomic mass is 28.4. The molecule has 4 nitrogen and oxygen atoms in total. The number of ketones is 1. The monoisotopic (exact) mass is 320 g/mol. The Labute approximate surface area is 134 Å². The third kappa shape index (κ3) is 4.27. The number of Topliss-reactive ketones (excluding diaryl/α,β-unsaturated/α-hetero) is 1. The van der Waals surface area contributed by atoms with Crippen molar-refractivity contribution in [2.24, 2.45) is 0 Å². The first-order valence-corrected chi connectivity index (χ1v) is 10.4. The molecule has 22 heavy (non-hydrogen) atoms. The minimum atomic E-state index is -1.81. The van der Waals surface area contributed by atoms with E-state index < -0.39 is 8.32 Å². The van der Waals surface area contributed by atoms with E-state index in [1.54, 1.807) is 6.08 Å². The lowest BCUT2D eigenvalue weighted by atomic mass is 10.1.